The van der Waals surface area contributed by atoms with Crippen LogP contribution >= 0.6 is 0 Å². The van der Waals surface area contributed by atoms with Crippen molar-refractivity contribution in [2.45, 2.75) is 25.9 Å². The van der Waals surface area contributed by atoms with E-state index in [-0.39, 0.29) is 33.6 Å². The predicted molar refractivity (Wildman–Crippen MR) is 182 cm³/mol. The van der Waals surface area contributed by atoms with E-state index in [1.54, 1.807) is 4.72 Å². The highest BCUT2D eigenvalue weighted by Gasteiger charge is 2.28. The van der Waals surface area contributed by atoms with Gasteiger partial charge < -0.3 is 24.3 Å². The van der Waals surface area contributed by atoms with Gasteiger partial charge in [0.25, 0.3) is 0 Å². The smallest absolute Gasteiger partial charge is 0.325 e. The number of carbonyl (C=O) groups is 3. The molecule has 4 aromatic rings. The van der Waals surface area contributed by atoms with Crippen LogP contribution in [0.4, 0.5) is 33.7 Å². The molecule has 2 aromatic heterocycles. The van der Waals surface area contributed by atoms with Gasteiger partial charge in [0.15, 0.2) is 0 Å². The number of amides is 4. The van der Waals surface area contributed by atoms with Crippen LogP contribution in [0.3, 0.4) is 0 Å². The number of benzene rings is 2. The van der Waals surface area contributed by atoms with Crippen molar-refractivity contribution in [1.82, 2.24) is 23.9 Å². The van der Waals surface area contributed by atoms with E-state index in [2.05, 4.69) is 5.32 Å². The Kier molecular flexibility index (Phi) is 12.0. The number of aromatic nitrogens is 2. The van der Waals surface area contributed by atoms with Gasteiger partial charge in [-0.25, -0.2) is 27.1 Å². The zero-order chi connectivity index (χ0) is 38.5. The highest BCUT2D eigenvalue weighted by atomic mass is 32.2. The molecule has 0 bridgehead atoms. The summed E-state index contributed by atoms with van der Waals surface area (Å²) in [6, 6.07) is 5.82. The fourth-order valence-corrected chi connectivity index (χ4v) is 5.74. The summed E-state index contributed by atoms with van der Waals surface area (Å²) < 4.78 is 88.0. The minimum atomic E-state index is -4.86. The Morgan fingerprint density at radius 2 is 1.38 bits per heavy atom. The third-order valence-corrected chi connectivity index (χ3v) is 8.76. The van der Waals surface area contributed by atoms with E-state index in [1.807, 2.05) is 4.72 Å². The lowest BCUT2D eigenvalue weighted by Crippen LogP contribution is -2.54. The molecule has 0 saturated carbocycles. The molecule has 0 aliphatic carbocycles. The van der Waals surface area contributed by atoms with Gasteiger partial charge in [0.05, 0.1) is 24.5 Å². The monoisotopic (exact) mass is 747 g/mol. The first kappa shape index (κ1) is 39.0. The second-order valence-electron chi connectivity index (χ2n) is 11.7. The molecule has 0 aliphatic rings. The van der Waals surface area contributed by atoms with Gasteiger partial charge in [-0.1, -0.05) is 0 Å². The van der Waals surface area contributed by atoms with Crippen molar-refractivity contribution >= 4 is 39.4 Å². The first-order valence-electron chi connectivity index (χ1n) is 15.2. The van der Waals surface area contributed by atoms with E-state index < -0.39 is 82.4 Å². The summed E-state index contributed by atoms with van der Waals surface area (Å²) in [6.07, 6.45) is 2.05. The maximum Gasteiger partial charge on any atom is 0.330 e. The molecule has 52 heavy (non-hydrogen) atoms. The number of nitrogens with zero attached hydrogens (tertiary/aromatic N) is 4. The average Bonchev–Trinajstić information content (AvgIpc) is 3.04. The number of carbonyl (C=O) groups excluding carboxylic acids is 3. The molecule has 4 amide bonds. The minimum absolute atomic E-state index is 0.0536. The van der Waals surface area contributed by atoms with E-state index >= 15 is 0 Å². The first-order chi connectivity index (χ1) is 24.3. The summed E-state index contributed by atoms with van der Waals surface area (Å²) in [7, 11) is -0.764. The molecule has 3 N–H and O–H groups in total. The number of anilines is 2. The molecule has 14 nitrogen and oxygen atoms in total. The van der Waals surface area contributed by atoms with E-state index in [1.165, 1.54) is 63.2 Å². The molecule has 4 rings (SSSR count). The van der Waals surface area contributed by atoms with E-state index in [0.29, 0.717) is 12.1 Å². The third kappa shape index (κ3) is 9.91. The second-order valence-corrected chi connectivity index (χ2v) is 13.2. The number of hydrogen-bond acceptors (Lipinski definition) is 7. The van der Waals surface area contributed by atoms with Gasteiger partial charge in [-0.15, -0.1) is 0 Å². The van der Waals surface area contributed by atoms with Crippen molar-refractivity contribution < 1.29 is 40.4 Å². The third-order valence-electron chi connectivity index (χ3n) is 7.78. The molecule has 0 saturated heterocycles. The highest BCUT2D eigenvalue weighted by molar-refractivity contribution is 7.88. The van der Waals surface area contributed by atoms with Gasteiger partial charge in [0.2, 0.25) is 22.9 Å². The molecule has 19 heteroatoms. The Morgan fingerprint density at radius 1 is 0.827 bits per heavy atom. The van der Waals surface area contributed by atoms with Crippen LogP contribution in [0.5, 0.6) is 0 Å². The fraction of sp³-hybridized carbons (Fsp3) is 0.242. The Bertz CT molecular complexity index is 2220. The van der Waals surface area contributed by atoms with Crippen molar-refractivity contribution in [3.63, 3.8) is 0 Å². The van der Waals surface area contributed by atoms with Crippen molar-refractivity contribution in [3.05, 3.63) is 128 Å². The summed E-state index contributed by atoms with van der Waals surface area (Å²) in [5, 5.41) is 2.16. The number of nitrogens with one attached hydrogen (secondary N) is 3. The summed E-state index contributed by atoms with van der Waals surface area (Å²) in [5.41, 5.74) is -0.611. The second kappa shape index (κ2) is 16.0. The molecule has 0 spiro atoms. The molecule has 0 aliphatic heterocycles. The summed E-state index contributed by atoms with van der Waals surface area (Å²) in [6.45, 7) is -0.106. The van der Waals surface area contributed by atoms with E-state index in [0.717, 1.165) is 38.6 Å². The van der Waals surface area contributed by atoms with Gasteiger partial charge in [0.1, 0.15) is 29.3 Å². The zero-order valence-corrected chi connectivity index (χ0v) is 28.9. The maximum absolute atomic E-state index is 14.8. The SMILES string of the molecule is Cc1cc(F)cc(F)c1CN(C(=O)CNS(=O)(=O)NC(=O)N[C@@H](Cc1cc(F)cc(F)c1)C(=O)N(C)c1ccc(=O)n(C)c1)c1ccc(=O)n(C)c1. The number of rotatable bonds is 12. The topological polar surface area (TPSA) is 172 Å². The summed E-state index contributed by atoms with van der Waals surface area (Å²) in [4.78, 5) is 65.7. The normalized spacial score (nSPS) is 11.8. The van der Waals surface area contributed by atoms with Crippen LogP contribution in [0.15, 0.2) is 76.6 Å². The number of aryl methyl sites for hydroxylation is 3. The largest absolute Gasteiger partial charge is 0.330 e. The van der Waals surface area contributed by atoms with Gasteiger partial charge in [-0.2, -0.15) is 13.1 Å². The van der Waals surface area contributed by atoms with Crippen LogP contribution in [-0.2, 0) is 46.9 Å². The molecule has 276 valence electrons. The quantitative estimate of drug-likeness (QED) is 0.186. The summed E-state index contributed by atoms with van der Waals surface area (Å²) in [5.74, 6) is -5.63. The van der Waals surface area contributed by atoms with Gasteiger partial charge in [-0.05, 0) is 48.4 Å². The predicted octanol–water partition coefficient (Wildman–Crippen LogP) is 1.89. The zero-order valence-electron chi connectivity index (χ0n) is 28.1. The highest BCUT2D eigenvalue weighted by Crippen LogP contribution is 2.22. The number of halogens is 4. The maximum atomic E-state index is 14.8. The van der Waals surface area contributed by atoms with Crippen molar-refractivity contribution in [1.29, 1.82) is 0 Å². The lowest BCUT2D eigenvalue weighted by atomic mass is 10.0. The number of likely N-dealkylation sites (N-methyl/N-ethyl adjacent to an activating group) is 1. The van der Waals surface area contributed by atoms with Crippen LogP contribution in [0, 0.1) is 30.2 Å². The number of pyridine rings is 2. The lowest BCUT2D eigenvalue weighted by Gasteiger charge is -2.26. The molecule has 0 unspecified atom stereocenters. The fourth-order valence-electron chi connectivity index (χ4n) is 5.05. The van der Waals surface area contributed by atoms with E-state index in [4.69, 9.17) is 0 Å². The molecule has 1 atom stereocenters. The van der Waals surface area contributed by atoms with Crippen LogP contribution in [0.25, 0.3) is 0 Å². The Hall–Kier alpha value is -5.82. The molecule has 0 fully saturated rings. The van der Waals surface area contributed by atoms with Crippen LogP contribution in [0.1, 0.15) is 16.7 Å². The first-order valence-corrected chi connectivity index (χ1v) is 16.7. The summed E-state index contributed by atoms with van der Waals surface area (Å²) >= 11 is 0. The Morgan fingerprint density at radius 3 is 1.96 bits per heavy atom. The van der Waals surface area contributed by atoms with Crippen molar-refractivity contribution in [3.8, 4) is 0 Å². The standard InChI is InChI=1S/C33H33F4N7O7S/c1-19-9-21(34)14-27(37)26(19)18-44(25-6-8-30(46)42(3)17-25)31(47)15-38-52(50,51)40-33(49)39-28(12-20-10-22(35)13-23(36)11-20)32(48)43(4)24-5-7-29(45)41(2)16-24/h5-11,13-14,16-17,28,38H,12,15,18H2,1-4H3,(H2,39,40,49)/t28-/m0/s1. The number of hydrogen-bond donors (Lipinski definition) is 3. The molecular formula is C33H33F4N7O7S. The van der Waals surface area contributed by atoms with Gasteiger partial charge in [-0.3, -0.25) is 19.2 Å². The van der Waals surface area contributed by atoms with Crippen molar-refractivity contribution in [2.75, 3.05) is 23.4 Å². The van der Waals surface area contributed by atoms with Gasteiger partial charge in [0, 0.05) is 69.8 Å². The average molecular weight is 748 g/mol. The minimum Gasteiger partial charge on any atom is -0.325 e. The molecule has 2 heterocycles. The van der Waals surface area contributed by atoms with E-state index in [9.17, 15) is 50.0 Å². The van der Waals surface area contributed by atoms with Crippen LogP contribution < -0.4 is 35.7 Å². The van der Waals surface area contributed by atoms with Crippen LogP contribution in [-0.4, -0.2) is 55.0 Å². The Balaban J connectivity index is 1.53. The van der Waals surface area contributed by atoms with Gasteiger partial charge >= 0.3 is 16.2 Å². The molecule has 2 aromatic carbocycles. The lowest BCUT2D eigenvalue weighted by molar-refractivity contribution is -0.120. The molecule has 0 radical (unpaired) electrons. The number of urea groups is 1. The van der Waals surface area contributed by atoms with Crippen LogP contribution in [0.2, 0.25) is 0 Å². The van der Waals surface area contributed by atoms with Crippen molar-refractivity contribution in [2.24, 2.45) is 14.1 Å². The molecular weight excluding hydrogens is 714 g/mol. The Labute approximate surface area is 294 Å².